The zero-order valence-electron chi connectivity index (χ0n) is 10.5. The van der Waals surface area contributed by atoms with Crippen molar-refractivity contribution in [2.75, 3.05) is 13.6 Å². The van der Waals surface area contributed by atoms with E-state index in [0.29, 0.717) is 5.56 Å². The summed E-state index contributed by atoms with van der Waals surface area (Å²) in [7, 11) is 1.52. The van der Waals surface area contributed by atoms with Crippen LogP contribution in [-0.4, -0.2) is 35.2 Å². The number of carbonyl (C=O) groups excluding carboxylic acids is 2. The summed E-state index contributed by atoms with van der Waals surface area (Å²) in [5.74, 6) is -1.31. The standard InChI is InChI=1S/C12H13N3O4/c1-12(7-14(2)11(17)10(16)13-12)8-4-3-5-9(6-8)15(18)19/h3-6H,7H2,1-2H3,(H,13,16). The van der Waals surface area contributed by atoms with Crippen LogP contribution < -0.4 is 5.32 Å². The van der Waals surface area contributed by atoms with E-state index >= 15 is 0 Å². The third kappa shape index (κ3) is 2.26. The van der Waals surface area contributed by atoms with Gasteiger partial charge in [0.1, 0.15) is 0 Å². The molecule has 0 bridgehead atoms. The molecule has 0 aromatic heterocycles. The minimum absolute atomic E-state index is 0.0486. The van der Waals surface area contributed by atoms with Gasteiger partial charge in [0.2, 0.25) is 0 Å². The summed E-state index contributed by atoms with van der Waals surface area (Å²) in [6.45, 7) is 1.99. The molecule has 2 rings (SSSR count). The molecule has 19 heavy (non-hydrogen) atoms. The molecule has 7 nitrogen and oxygen atoms in total. The van der Waals surface area contributed by atoms with Gasteiger partial charge >= 0.3 is 11.8 Å². The second kappa shape index (κ2) is 4.34. The van der Waals surface area contributed by atoms with Crippen molar-refractivity contribution in [3.8, 4) is 0 Å². The lowest BCUT2D eigenvalue weighted by molar-refractivity contribution is -0.385. The molecule has 1 heterocycles. The van der Waals surface area contributed by atoms with Gasteiger partial charge in [-0.2, -0.15) is 0 Å². The van der Waals surface area contributed by atoms with Gasteiger partial charge in [-0.25, -0.2) is 0 Å². The van der Waals surface area contributed by atoms with Gasteiger partial charge in [0.05, 0.1) is 10.5 Å². The number of benzene rings is 1. The Morgan fingerprint density at radius 2 is 2.11 bits per heavy atom. The van der Waals surface area contributed by atoms with Crippen LogP contribution in [0.15, 0.2) is 24.3 Å². The number of nitro benzene ring substituents is 1. The molecule has 1 aliphatic rings. The van der Waals surface area contributed by atoms with E-state index in [2.05, 4.69) is 5.32 Å². The molecule has 0 saturated carbocycles. The molecule has 1 aromatic rings. The highest BCUT2D eigenvalue weighted by Crippen LogP contribution is 2.27. The zero-order chi connectivity index (χ0) is 14.2. The summed E-state index contributed by atoms with van der Waals surface area (Å²) >= 11 is 0. The Morgan fingerprint density at radius 3 is 2.68 bits per heavy atom. The number of carbonyl (C=O) groups is 2. The number of nitro groups is 1. The number of rotatable bonds is 2. The minimum Gasteiger partial charge on any atom is -0.337 e. The van der Waals surface area contributed by atoms with E-state index in [1.165, 1.54) is 24.1 Å². The fourth-order valence-corrected chi connectivity index (χ4v) is 2.19. The normalized spacial score (nSPS) is 23.2. The molecule has 7 heteroatoms. The van der Waals surface area contributed by atoms with Crippen LogP contribution in [0.5, 0.6) is 0 Å². The molecule has 1 atom stereocenters. The van der Waals surface area contributed by atoms with Crippen molar-refractivity contribution < 1.29 is 14.5 Å². The number of piperazine rings is 1. The van der Waals surface area contributed by atoms with Crippen LogP contribution in [0.1, 0.15) is 12.5 Å². The fourth-order valence-electron chi connectivity index (χ4n) is 2.19. The van der Waals surface area contributed by atoms with Crippen molar-refractivity contribution in [1.29, 1.82) is 0 Å². The number of nitrogens with zero attached hydrogens (tertiary/aromatic N) is 2. The second-order valence-electron chi connectivity index (χ2n) is 4.75. The maximum absolute atomic E-state index is 11.6. The minimum atomic E-state index is -0.828. The van der Waals surface area contributed by atoms with Crippen molar-refractivity contribution >= 4 is 17.5 Å². The van der Waals surface area contributed by atoms with Gasteiger partial charge in [0.25, 0.3) is 5.69 Å². The lowest BCUT2D eigenvalue weighted by Crippen LogP contribution is -2.61. The van der Waals surface area contributed by atoms with Gasteiger partial charge < -0.3 is 10.2 Å². The fraction of sp³-hybridized carbons (Fsp3) is 0.333. The van der Waals surface area contributed by atoms with E-state index in [9.17, 15) is 19.7 Å². The third-order valence-electron chi connectivity index (χ3n) is 3.18. The summed E-state index contributed by atoms with van der Waals surface area (Å²) in [5.41, 5.74) is -0.284. The van der Waals surface area contributed by atoms with Crippen molar-refractivity contribution in [2.45, 2.75) is 12.5 Å². The molecule has 1 unspecified atom stereocenters. The van der Waals surface area contributed by atoms with Crippen LogP contribution >= 0.6 is 0 Å². The van der Waals surface area contributed by atoms with E-state index in [-0.39, 0.29) is 12.2 Å². The molecular weight excluding hydrogens is 250 g/mol. The first-order chi connectivity index (χ1) is 8.83. The molecule has 1 N–H and O–H groups in total. The van der Waals surface area contributed by atoms with Crippen LogP contribution in [0.2, 0.25) is 0 Å². The summed E-state index contributed by atoms with van der Waals surface area (Å²) < 4.78 is 0. The Labute approximate surface area is 109 Å². The average molecular weight is 263 g/mol. The van der Waals surface area contributed by atoms with Crippen LogP contribution in [-0.2, 0) is 15.1 Å². The van der Waals surface area contributed by atoms with E-state index in [1.54, 1.807) is 19.1 Å². The highest BCUT2D eigenvalue weighted by Gasteiger charge is 2.39. The molecule has 2 amide bonds. The van der Waals surface area contributed by atoms with Gasteiger partial charge in [-0.15, -0.1) is 0 Å². The number of amides is 2. The van der Waals surface area contributed by atoms with Crippen LogP contribution in [0.4, 0.5) is 5.69 Å². The first-order valence-corrected chi connectivity index (χ1v) is 5.66. The lowest BCUT2D eigenvalue weighted by atomic mass is 9.89. The first-order valence-electron chi connectivity index (χ1n) is 5.66. The van der Waals surface area contributed by atoms with Gasteiger partial charge in [-0.05, 0) is 12.5 Å². The molecule has 100 valence electrons. The summed E-state index contributed by atoms with van der Waals surface area (Å²) in [6.07, 6.45) is 0. The first kappa shape index (κ1) is 13.0. The predicted molar refractivity (Wildman–Crippen MR) is 66.2 cm³/mol. The molecule has 0 aliphatic carbocycles. The third-order valence-corrected chi connectivity index (χ3v) is 3.18. The monoisotopic (exact) mass is 263 g/mol. The molecule has 1 aliphatic heterocycles. The number of non-ortho nitro benzene ring substituents is 1. The Bertz CT molecular complexity index is 572. The highest BCUT2D eigenvalue weighted by molar-refractivity contribution is 6.35. The van der Waals surface area contributed by atoms with E-state index in [0.717, 1.165) is 0 Å². The van der Waals surface area contributed by atoms with Crippen LogP contribution in [0.3, 0.4) is 0 Å². The Balaban J connectivity index is 2.40. The quantitative estimate of drug-likeness (QED) is 0.475. The molecular formula is C12H13N3O4. The van der Waals surface area contributed by atoms with Crippen molar-refractivity contribution in [3.63, 3.8) is 0 Å². The molecule has 1 fully saturated rings. The van der Waals surface area contributed by atoms with Gasteiger partial charge in [0.15, 0.2) is 0 Å². The van der Waals surface area contributed by atoms with Gasteiger partial charge in [-0.1, -0.05) is 12.1 Å². The summed E-state index contributed by atoms with van der Waals surface area (Å²) in [6, 6.07) is 6.04. The Kier molecular flexibility index (Phi) is 2.97. The maximum atomic E-state index is 11.6. The molecule has 0 spiro atoms. The summed E-state index contributed by atoms with van der Waals surface area (Å²) in [5, 5.41) is 13.4. The number of hydrogen-bond donors (Lipinski definition) is 1. The second-order valence-corrected chi connectivity index (χ2v) is 4.75. The SMILES string of the molecule is CN1CC(C)(c2cccc([N+](=O)[O-])c2)NC(=O)C1=O. The topological polar surface area (TPSA) is 92.5 Å². The molecule has 0 radical (unpaired) electrons. The molecule has 1 aromatic carbocycles. The van der Waals surface area contributed by atoms with E-state index in [1.807, 2.05) is 0 Å². The number of likely N-dealkylation sites (N-methyl/N-ethyl adjacent to an activating group) is 1. The highest BCUT2D eigenvalue weighted by atomic mass is 16.6. The number of nitrogens with one attached hydrogen (secondary N) is 1. The van der Waals surface area contributed by atoms with Gasteiger partial charge in [0, 0.05) is 25.7 Å². The van der Waals surface area contributed by atoms with Crippen molar-refractivity contribution in [1.82, 2.24) is 10.2 Å². The Hall–Kier alpha value is -2.44. The largest absolute Gasteiger partial charge is 0.337 e. The molecule has 1 saturated heterocycles. The predicted octanol–water partition coefficient (Wildman–Crippen LogP) is 0.398. The van der Waals surface area contributed by atoms with Crippen molar-refractivity contribution in [3.05, 3.63) is 39.9 Å². The van der Waals surface area contributed by atoms with E-state index < -0.39 is 22.3 Å². The lowest BCUT2D eigenvalue weighted by Gasteiger charge is -2.39. The zero-order valence-corrected chi connectivity index (χ0v) is 10.5. The average Bonchev–Trinajstić information content (AvgIpc) is 2.36. The summed E-state index contributed by atoms with van der Waals surface area (Å²) in [4.78, 5) is 34.6. The van der Waals surface area contributed by atoms with Crippen LogP contribution in [0.25, 0.3) is 0 Å². The van der Waals surface area contributed by atoms with E-state index in [4.69, 9.17) is 0 Å². The number of hydrogen-bond acceptors (Lipinski definition) is 4. The maximum Gasteiger partial charge on any atom is 0.311 e. The Morgan fingerprint density at radius 1 is 1.42 bits per heavy atom. The van der Waals surface area contributed by atoms with Gasteiger partial charge in [-0.3, -0.25) is 19.7 Å². The van der Waals surface area contributed by atoms with Crippen LogP contribution in [0, 0.1) is 10.1 Å². The van der Waals surface area contributed by atoms with Crippen molar-refractivity contribution in [2.24, 2.45) is 0 Å². The smallest absolute Gasteiger partial charge is 0.311 e.